The highest BCUT2D eigenvalue weighted by Gasteiger charge is 2.45. The molecule has 13 heavy (non-hydrogen) atoms. The molecule has 1 aromatic heterocycles. The fraction of sp³-hybridized carbons (Fsp3) is 0.429. The highest BCUT2D eigenvalue weighted by atomic mass is 19.3. The quantitative estimate of drug-likeness (QED) is 0.725. The Balaban J connectivity index is 2.82. The van der Waals surface area contributed by atoms with Crippen LogP contribution >= 0.6 is 0 Å². The van der Waals surface area contributed by atoms with Crippen LogP contribution in [-0.2, 0) is 15.5 Å². The molecule has 0 atom stereocenters. The number of aromatic amines is 1. The fourth-order valence-electron chi connectivity index (χ4n) is 0.755. The summed E-state index contributed by atoms with van der Waals surface area (Å²) in [5.74, 6) is -5.99. The van der Waals surface area contributed by atoms with Gasteiger partial charge in [0.05, 0.1) is 6.61 Å². The molecule has 0 aromatic carbocycles. The summed E-state index contributed by atoms with van der Waals surface area (Å²) >= 11 is 0. The topological polar surface area (TPSA) is 55.0 Å². The molecule has 0 aliphatic heterocycles. The third kappa shape index (κ3) is 1.82. The number of ether oxygens (including phenoxy) is 1. The van der Waals surface area contributed by atoms with E-state index in [4.69, 9.17) is 0 Å². The number of nitrogens with zero attached hydrogens (tertiary/aromatic N) is 1. The number of rotatable bonds is 3. The molecule has 72 valence electrons. The zero-order valence-electron chi connectivity index (χ0n) is 6.88. The summed E-state index contributed by atoms with van der Waals surface area (Å²) in [7, 11) is 0. The van der Waals surface area contributed by atoms with E-state index in [1.54, 1.807) is 0 Å². The molecule has 0 saturated carbocycles. The van der Waals surface area contributed by atoms with Gasteiger partial charge in [-0.05, 0) is 6.92 Å². The van der Waals surface area contributed by atoms with Crippen molar-refractivity contribution >= 4 is 5.97 Å². The van der Waals surface area contributed by atoms with Gasteiger partial charge in [-0.25, -0.2) is 9.78 Å². The Morgan fingerprint density at radius 2 is 2.46 bits per heavy atom. The van der Waals surface area contributed by atoms with E-state index in [9.17, 15) is 13.6 Å². The molecule has 0 fully saturated rings. The SMILES string of the molecule is CCOC(=O)C(F)(F)c1ncc[nH]1. The Labute approximate surface area is 72.9 Å². The first-order valence-electron chi connectivity index (χ1n) is 3.64. The first kappa shape index (κ1) is 9.63. The van der Waals surface area contributed by atoms with Gasteiger partial charge in [-0.15, -0.1) is 0 Å². The monoisotopic (exact) mass is 190 g/mol. The van der Waals surface area contributed by atoms with E-state index in [0.717, 1.165) is 6.20 Å². The summed E-state index contributed by atoms with van der Waals surface area (Å²) in [6.07, 6.45) is 2.35. The largest absolute Gasteiger partial charge is 0.461 e. The lowest BCUT2D eigenvalue weighted by atomic mass is 10.3. The van der Waals surface area contributed by atoms with Crippen LogP contribution in [0.15, 0.2) is 12.4 Å². The average Bonchev–Trinajstić information content (AvgIpc) is 2.56. The number of alkyl halides is 2. The van der Waals surface area contributed by atoms with Crippen LogP contribution in [0.1, 0.15) is 12.7 Å². The molecule has 0 aliphatic carbocycles. The summed E-state index contributed by atoms with van der Waals surface area (Å²) < 4.78 is 30.2. The molecular formula is C7H8F2N2O2. The first-order valence-corrected chi connectivity index (χ1v) is 3.64. The normalized spacial score (nSPS) is 11.3. The van der Waals surface area contributed by atoms with Gasteiger partial charge in [0, 0.05) is 12.4 Å². The number of hydrogen-bond donors (Lipinski definition) is 1. The molecule has 0 aliphatic rings. The standard InChI is InChI=1S/C7H8F2N2O2/c1-2-13-6(12)7(8,9)5-10-3-4-11-5/h3-4H,2H2,1H3,(H,10,11). The number of carbonyl (C=O) groups is 1. The van der Waals surface area contributed by atoms with Crippen LogP contribution in [0, 0.1) is 0 Å². The van der Waals surface area contributed by atoms with E-state index in [1.807, 2.05) is 0 Å². The Bertz CT molecular complexity index is 285. The van der Waals surface area contributed by atoms with E-state index in [1.165, 1.54) is 13.1 Å². The van der Waals surface area contributed by atoms with Gasteiger partial charge in [-0.1, -0.05) is 0 Å². The number of aromatic nitrogens is 2. The molecule has 1 N–H and O–H groups in total. The van der Waals surface area contributed by atoms with Crippen LogP contribution < -0.4 is 0 Å². The third-order valence-electron chi connectivity index (χ3n) is 1.33. The molecule has 1 rings (SSSR count). The number of carbonyl (C=O) groups excluding carboxylic acids is 1. The van der Waals surface area contributed by atoms with Gasteiger partial charge in [0.2, 0.25) is 0 Å². The predicted octanol–water partition coefficient (Wildman–Crippen LogP) is 1.06. The summed E-state index contributed by atoms with van der Waals surface area (Å²) in [6.45, 7) is 1.37. The van der Waals surface area contributed by atoms with Crippen molar-refractivity contribution in [1.82, 2.24) is 9.97 Å². The number of H-pyrrole nitrogens is 1. The lowest BCUT2D eigenvalue weighted by Gasteiger charge is -2.11. The van der Waals surface area contributed by atoms with Crippen molar-refractivity contribution in [3.8, 4) is 0 Å². The zero-order valence-corrected chi connectivity index (χ0v) is 6.88. The van der Waals surface area contributed by atoms with Crippen molar-refractivity contribution < 1.29 is 18.3 Å². The van der Waals surface area contributed by atoms with E-state index < -0.39 is 17.7 Å². The molecule has 0 bridgehead atoms. The summed E-state index contributed by atoms with van der Waals surface area (Å²) in [5, 5.41) is 0. The van der Waals surface area contributed by atoms with Crippen molar-refractivity contribution in [3.05, 3.63) is 18.2 Å². The average molecular weight is 190 g/mol. The van der Waals surface area contributed by atoms with Crippen LogP contribution in [0.2, 0.25) is 0 Å². The number of halogens is 2. The van der Waals surface area contributed by atoms with Crippen molar-refractivity contribution in [1.29, 1.82) is 0 Å². The van der Waals surface area contributed by atoms with E-state index in [0.29, 0.717) is 0 Å². The Morgan fingerprint density at radius 3 is 2.92 bits per heavy atom. The summed E-state index contributed by atoms with van der Waals surface area (Å²) in [5.41, 5.74) is 0. The van der Waals surface area contributed by atoms with E-state index >= 15 is 0 Å². The first-order chi connectivity index (χ1) is 6.09. The number of hydrogen-bond acceptors (Lipinski definition) is 3. The second-order valence-corrected chi connectivity index (χ2v) is 2.23. The number of imidazole rings is 1. The van der Waals surface area contributed by atoms with Gasteiger partial charge in [-0.2, -0.15) is 8.78 Å². The zero-order chi connectivity index (χ0) is 9.90. The van der Waals surface area contributed by atoms with E-state index in [-0.39, 0.29) is 6.61 Å². The fourth-order valence-corrected chi connectivity index (χ4v) is 0.755. The lowest BCUT2D eigenvalue weighted by molar-refractivity contribution is -0.174. The van der Waals surface area contributed by atoms with Crippen LogP contribution in [0.3, 0.4) is 0 Å². The van der Waals surface area contributed by atoms with Gasteiger partial charge in [0.25, 0.3) is 0 Å². The molecule has 0 saturated heterocycles. The van der Waals surface area contributed by atoms with Crippen LogP contribution in [0.25, 0.3) is 0 Å². The maximum absolute atomic E-state index is 13.0. The molecule has 0 spiro atoms. The third-order valence-corrected chi connectivity index (χ3v) is 1.33. The summed E-state index contributed by atoms with van der Waals surface area (Å²) in [4.78, 5) is 16.2. The number of nitrogens with one attached hydrogen (secondary N) is 1. The van der Waals surface area contributed by atoms with Gasteiger partial charge < -0.3 is 9.72 Å². The smallest absolute Gasteiger partial charge is 0.399 e. The minimum absolute atomic E-state index is 0.0882. The van der Waals surface area contributed by atoms with Crippen LogP contribution in [0.5, 0.6) is 0 Å². The molecule has 0 amide bonds. The summed E-state index contributed by atoms with van der Waals surface area (Å²) in [6, 6.07) is 0. The minimum Gasteiger partial charge on any atom is -0.461 e. The van der Waals surface area contributed by atoms with Gasteiger partial charge >= 0.3 is 11.9 Å². The second kappa shape index (κ2) is 3.51. The number of esters is 1. The Kier molecular flexibility index (Phi) is 2.60. The molecular weight excluding hydrogens is 182 g/mol. The molecule has 4 nitrogen and oxygen atoms in total. The van der Waals surface area contributed by atoms with E-state index in [2.05, 4.69) is 14.7 Å². The van der Waals surface area contributed by atoms with Gasteiger partial charge in [0.1, 0.15) is 0 Å². The Morgan fingerprint density at radius 1 is 1.77 bits per heavy atom. The van der Waals surface area contributed by atoms with Crippen molar-refractivity contribution in [2.45, 2.75) is 12.8 Å². The van der Waals surface area contributed by atoms with Gasteiger partial charge in [-0.3, -0.25) is 0 Å². The van der Waals surface area contributed by atoms with Crippen LogP contribution in [0.4, 0.5) is 8.78 Å². The minimum atomic E-state index is -3.69. The highest BCUT2D eigenvalue weighted by molar-refractivity contribution is 5.78. The van der Waals surface area contributed by atoms with Crippen molar-refractivity contribution in [2.75, 3.05) is 6.61 Å². The van der Waals surface area contributed by atoms with Crippen molar-refractivity contribution in [2.24, 2.45) is 0 Å². The maximum Gasteiger partial charge on any atom is 0.399 e. The molecule has 1 aromatic rings. The molecule has 1 heterocycles. The lowest BCUT2D eigenvalue weighted by Crippen LogP contribution is -2.29. The second-order valence-electron chi connectivity index (χ2n) is 2.23. The highest BCUT2D eigenvalue weighted by Crippen LogP contribution is 2.25. The molecule has 0 radical (unpaired) electrons. The molecule has 0 unspecified atom stereocenters. The maximum atomic E-state index is 13.0. The molecule has 6 heteroatoms. The van der Waals surface area contributed by atoms with Crippen molar-refractivity contribution in [3.63, 3.8) is 0 Å². The van der Waals surface area contributed by atoms with Gasteiger partial charge in [0.15, 0.2) is 5.82 Å². The predicted molar refractivity (Wildman–Crippen MR) is 39.1 cm³/mol. The Hall–Kier alpha value is -1.46. The van der Waals surface area contributed by atoms with Crippen LogP contribution in [-0.4, -0.2) is 22.5 Å².